The summed E-state index contributed by atoms with van der Waals surface area (Å²) < 4.78 is 5.51. The van der Waals surface area contributed by atoms with Gasteiger partial charge in [-0.25, -0.2) is 0 Å². The van der Waals surface area contributed by atoms with Crippen LogP contribution >= 0.6 is 12.2 Å². The first-order valence-corrected chi connectivity index (χ1v) is 10.2. The number of hydrogen-bond donors (Lipinski definition) is 3. The second-order valence-electron chi connectivity index (χ2n) is 6.47. The average molecular weight is 414 g/mol. The van der Waals surface area contributed by atoms with Gasteiger partial charge in [0, 0.05) is 23.4 Å². The molecule has 3 N–H and O–H groups in total. The molecule has 0 aliphatic heterocycles. The van der Waals surface area contributed by atoms with E-state index in [1.54, 1.807) is 48.5 Å². The largest absolute Gasteiger partial charge is 0.494 e. The van der Waals surface area contributed by atoms with E-state index in [2.05, 4.69) is 22.9 Å². The van der Waals surface area contributed by atoms with Crippen LogP contribution in [-0.2, 0) is 0 Å². The van der Waals surface area contributed by atoms with E-state index in [9.17, 15) is 9.59 Å². The van der Waals surface area contributed by atoms with Crippen LogP contribution in [0, 0.1) is 0 Å². The SMILES string of the molecule is CCCCNC(=O)c1ccc(NC(=S)NC(=O)c2ccc(OCCC)cc2)cc1. The molecule has 0 fully saturated rings. The van der Waals surface area contributed by atoms with Crippen LogP contribution in [-0.4, -0.2) is 30.1 Å². The maximum absolute atomic E-state index is 12.3. The molecule has 0 saturated heterocycles. The molecule has 0 saturated carbocycles. The Bertz CT molecular complexity index is 820. The number of thiocarbonyl (C=S) groups is 1. The lowest BCUT2D eigenvalue weighted by Crippen LogP contribution is -2.34. The highest BCUT2D eigenvalue weighted by atomic mass is 32.1. The molecule has 0 aromatic heterocycles. The van der Waals surface area contributed by atoms with Crippen LogP contribution in [0.3, 0.4) is 0 Å². The van der Waals surface area contributed by atoms with Crippen molar-refractivity contribution in [1.82, 2.24) is 10.6 Å². The second kappa shape index (κ2) is 11.8. The van der Waals surface area contributed by atoms with Gasteiger partial charge in [-0.3, -0.25) is 14.9 Å². The average Bonchev–Trinajstić information content (AvgIpc) is 2.73. The lowest BCUT2D eigenvalue weighted by molar-refractivity contribution is 0.0950. The molecule has 6 nitrogen and oxygen atoms in total. The number of nitrogens with one attached hydrogen (secondary N) is 3. The van der Waals surface area contributed by atoms with E-state index in [4.69, 9.17) is 17.0 Å². The minimum Gasteiger partial charge on any atom is -0.494 e. The zero-order valence-corrected chi connectivity index (χ0v) is 17.6. The number of carbonyl (C=O) groups is 2. The summed E-state index contributed by atoms with van der Waals surface area (Å²) in [5.41, 5.74) is 1.74. The predicted octanol–water partition coefficient (Wildman–Crippen LogP) is 4.13. The smallest absolute Gasteiger partial charge is 0.257 e. The topological polar surface area (TPSA) is 79.5 Å². The summed E-state index contributed by atoms with van der Waals surface area (Å²) >= 11 is 5.20. The Hall–Kier alpha value is -2.93. The van der Waals surface area contributed by atoms with Gasteiger partial charge < -0.3 is 15.4 Å². The Kier molecular flexibility index (Phi) is 9.11. The van der Waals surface area contributed by atoms with Crippen LogP contribution in [0.15, 0.2) is 48.5 Å². The lowest BCUT2D eigenvalue weighted by atomic mass is 10.2. The summed E-state index contributed by atoms with van der Waals surface area (Å²) in [6.45, 7) is 5.41. The molecular weight excluding hydrogens is 386 g/mol. The van der Waals surface area contributed by atoms with Crippen LogP contribution in [0.1, 0.15) is 53.8 Å². The first-order valence-electron chi connectivity index (χ1n) is 9.77. The van der Waals surface area contributed by atoms with Crippen molar-refractivity contribution in [1.29, 1.82) is 0 Å². The van der Waals surface area contributed by atoms with Gasteiger partial charge in [-0.2, -0.15) is 0 Å². The Balaban J connectivity index is 1.85. The normalized spacial score (nSPS) is 10.1. The highest BCUT2D eigenvalue weighted by molar-refractivity contribution is 7.80. The van der Waals surface area contributed by atoms with Crippen LogP contribution in [0.5, 0.6) is 5.75 Å². The Morgan fingerprint density at radius 3 is 2.14 bits per heavy atom. The van der Waals surface area contributed by atoms with Crippen molar-refractivity contribution in [2.75, 3.05) is 18.5 Å². The molecule has 154 valence electrons. The molecule has 0 radical (unpaired) electrons. The third-order valence-corrected chi connectivity index (χ3v) is 4.24. The van der Waals surface area contributed by atoms with Gasteiger partial charge in [0.15, 0.2) is 5.11 Å². The number of benzene rings is 2. The van der Waals surface area contributed by atoms with Gasteiger partial charge in [-0.15, -0.1) is 0 Å². The van der Waals surface area contributed by atoms with Crippen molar-refractivity contribution in [2.45, 2.75) is 33.1 Å². The van der Waals surface area contributed by atoms with Crippen molar-refractivity contribution < 1.29 is 14.3 Å². The van der Waals surface area contributed by atoms with E-state index in [1.165, 1.54) is 0 Å². The Morgan fingerprint density at radius 1 is 0.897 bits per heavy atom. The molecule has 2 aromatic carbocycles. The van der Waals surface area contributed by atoms with Crippen LogP contribution in [0.4, 0.5) is 5.69 Å². The molecule has 0 heterocycles. The quantitative estimate of drug-likeness (QED) is 0.425. The standard InChI is InChI=1S/C22H27N3O3S/c1-3-5-14-23-20(26)16-6-10-18(11-7-16)24-22(29)25-21(27)17-8-12-19(13-9-17)28-15-4-2/h6-13H,3-5,14-15H2,1-2H3,(H,23,26)(H2,24,25,27,29). The number of unbranched alkanes of at least 4 members (excludes halogenated alkanes) is 1. The van der Waals surface area contributed by atoms with Crippen molar-refractivity contribution in [3.8, 4) is 5.75 Å². The number of rotatable bonds is 9. The minimum absolute atomic E-state index is 0.104. The van der Waals surface area contributed by atoms with E-state index >= 15 is 0 Å². The van der Waals surface area contributed by atoms with Crippen LogP contribution < -0.4 is 20.7 Å². The van der Waals surface area contributed by atoms with Crippen LogP contribution in [0.2, 0.25) is 0 Å². The first-order chi connectivity index (χ1) is 14.0. The third kappa shape index (κ3) is 7.54. The summed E-state index contributed by atoms with van der Waals surface area (Å²) in [4.78, 5) is 24.3. The minimum atomic E-state index is -0.309. The zero-order chi connectivity index (χ0) is 21.1. The van der Waals surface area contributed by atoms with Crippen molar-refractivity contribution in [3.05, 3.63) is 59.7 Å². The van der Waals surface area contributed by atoms with Crippen molar-refractivity contribution in [2.24, 2.45) is 0 Å². The van der Waals surface area contributed by atoms with E-state index in [0.717, 1.165) is 25.0 Å². The molecule has 0 unspecified atom stereocenters. The maximum atomic E-state index is 12.3. The molecule has 2 aromatic rings. The fourth-order valence-electron chi connectivity index (χ4n) is 2.45. The summed E-state index contributed by atoms with van der Waals surface area (Å²) in [5.74, 6) is 0.312. The fourth-order valence-corrected chi connectivity index (χ4v) is 2.66. The zero-order valence-electron chi connectivity index (χ0n) is 16.8. The highest BCUT2D eigenvalue weighted by Crippen LogP contribution is 2.13. The molecule has 0 bridgehead atoms. The van der Waals surface area contributed by atoms with Gasteiger partial charge in [-0.1, -0.05) is 20.3 Å². The first kappa shape index (κ1) is 22.4. The highest BCUT2D eigenvalue weighted by Gasteiger charge is 2.09. The summed E-state index contributed by atoms with van der Waals surface area (Å²) in [7, 11) is 0. The predicted molar refractivity (Wildman–Crippen MR) is 120 cm³/mol. The summed E-state index contributed by atoms with van der Waals surface area (Å²) in [6, 6.07) is 13.8. The third-order valence-electron chi connectivity index (χ3n) is 4.04. The van der Waals surface area contributed by atoms with E-state index < -0.39 is 0 Å². The molecule has 2 rings (SSSR count). The van der Waals surface area contributed by atoms with Gasteiger partial charge >= 0.3 is 0 Å². The fraction of sp³-hybridized carbons (Fsp3) is 0.318. The van der Waals surface area contributed by atoms with Gasteiger partial charge in [0.2, 0.25) is 0 Å². The van der Waals surface area contributed by atoms with Crippen molar-refractivity contribution in [3.63, 3.8) is 0 Å². The molecule has 0 spiro atoms. The molecule has 2 amide bonds. The number of ether oxygens (including phenoxy) is 1. The molecule has 0 aliphatic rings. The lowest BCUT2D eigenvalue weighted by Gasteiger charge is -2.11. The number of hydrogen-bond acceptors (Lipinski definition) is 4. The number of amides is 2. The van der Waals surface area contributed by atoms with Gasteiger partial charge in [0.05, 0.1) is 6.61 Å². The van der Waals surface area contributed by atoms with Gasteiger partial charge in [0.25, 0.3) is 11.8 Å². The number of carbonyl (C=O) groups excluding carboxylic acids is 2. The molecule has 0 atom stereocenters. The van der Waals surface area contributed by atoms with Crippen molar-refractivity contribution >= 4 is 34.8 Å². The molecule has 0 aliphatic carbocycles. The molecule has 29 heavy (non-hydrogen) atoms. The second-order valence-corrected chi connectivity index (χ2v) is 6.88. The number of anilines is 1. The summed E-state index contributed by atoms with van der Waals surface area (Å²) in [5, 5.41) is 8.63. The van der Waals surface area contributed by atoms with Gasteiger partial charge in [0.1, 0.15) is 5.75 Å². The maximum Gasteiger partial charge on any atom is 0.257 e. The van der Waals surface area contributed by atoms with E-state index in [-0.39, 0.29) is 16.9 Å². The Morgan fingerprint density at radius 2 is 1.52 bits per heavy atom. The molecular formula is C22H27N3O3S. The van der Waals surface area contributed by atoms with Crippen LogP contribution in [0.25, 0.3) is 0 Å². The monoisotopic (exact) mass is 413 g/mol. The molecule has 7 heteroatoms. The van der Waals surface area contributed by atoms with E-state index in [0.29, 0.717) is 30.0 Å². The Labute approximate surface area is 177 Å². The summed E-state index contributed by atoms with van der Waals surface area (Å²) in [6.07, 6.45) is 2.91. The van der Waals surface area contributed by atoms with E-state index in [1.807, 2.05) is 6.92 Å². The van der Waals surface area contributed by atoms with Gasteiger partial charge in [-0.05, 0) is 73.6 Å².